The number of nitrogens with zero attached hydrogens (tertiary/aromatic N) is 4. The summed E-state index contributed by atoms with van der Waals surface area (Å²) < 4.78 is 4.58. The van der Waals surface area contributed by atoms with E-state index in [4.69, 9.17) is 0 Å². The van der Waals surface area contributed by atoms with E-state index in [2.05, 4.69) is 137 Å². The van der Waals surface area contributed by atoms with Crippen LogP contribution in [-0.2, 0) is 6.42 Å². The molecule has 2 heterocycles. The van der Waals surface area contributed by atoms with Gasteiger partial charge in [0.05, 0.1) is 51.2 Å². The van der Waals surface area contributed by atoms with Gasteiger partial charge < -0.3 is 9.13 Å². The molecule has 0 fully saturated rings. The average molecular weight is 625 g/mol. The van der Waals surface area contributed by atoms with E-state index in [0.29, 0.717) is 11.1 Å². The van der Waals surface area contributed by atoms with Crippen molar-refractivity contribution in [2.75, 3.05) is 0 Å². The topological polar surface area (TPSA) is 57.4 Å². The minimum atomic E-state index is 0.604. The van der Waals surface area contributed by atoms with E-state index < -0.39 is 0 Å². The molecule has 9 rings (SSSR count). The molecule has 4 nitrogen and oxygen atoms in total. The lowest BCUT2D eigenvalue weighted by molar-refractivity contribution is 1.09. The number of aromatic nitrogens is 2. The Balaban J connectivity index is 1.23. The number of hydrogen-bond donors (Lipinski definition) is 0. The summed E-state index contributed by atoms with van der Waals surface area (Å²) in [6.07, 6.45) is 9.56. The molecule has 0 radical (unpaired) electrons. The average Bonchev–Trinajstić information content (AvgIpc) is 3.54. The Morgan fingerprint density at radius 1 is 0.531 bits per heavy atom. The van der Waals surface area contributed by atoms with Crippen molar-refractivity contribution in [1.82, 2.24) is 9.13 Å². The highest BCUT2D eigenvalue weighted by molar-refractivity contribution is 6.09. The largest absolute Gasteiger partial charge is 0.309 e. The number of para-hydroxylation sites is 3. The molecule has 49 heavy (non-hydrogen) atoms. The molecular formula is C45H28N4. The third-order valence-electron chi connectivity index (χ3n) is 9.66. The molecule has 0 spiro atoms. The van der Waals surface area contributed by atoms with Crippen molar-refractivity contribution in [2.24, 2.45) is 0 Å². The van der Waals surface area contributed by atoms with E-state index in [9.17, 15) is 10.5 Å². The number of benzene rings is 6. The zero-order chi connectivity index (χ0) is 32.9. The fraction of sp³-hybridized carbons (Fsp3) is 0.0222. The SMILES string of the molecule is N#Cc1ccc2c3ccccc3n(-c3ccc(C#N)c(-c4cccc(-c5ccccc5-n5c6c(c7ccccc75)CC=CC=C6)c4)c3)c2c1. The molecular weight excluding hydrogens is 597 g/mol. The second kappa shape index (κ2) is 11.4. The third-order valence-corrected chi connectivity index (χ3v) is 9.66. The summed E-state index contributed by atoms with van der Waals surface area (Å²) in [7, 11) is 0. The van der Waals surface area contributed by atoms with Gasteiger partial charge in [-0.3, -0.25) is 0 Å². The van der Waals surface area contributed by atoms with Crippen molar-refractivity contribution >= 4 is 38.8 Å². The van der Waals surface area contributed by atoms with Crippen LogP contribution in [0.2, 0.25) is 0 Å². The molecule has 0 saturated heterocycles. The maximum Gasteiger partial charge on any atom is 0.0998 e. The van der Waals surface area contributed by atoms with Gasteiger partial charge in [-0.05, 0) is 83.8 Å². The lowest BCUT2D eigenvalue weighted by Gasteiger charge is -2.16. The van der Waals surface area contributed by atoms with Crippen molar-refractivity contribution in [2.45, 2.75) is 6.42 Å². The van der Waals surface area contributed by atoms with Crippen LogP contribution in [0.25, 0.3) is 72.4 Å². The van der Waals surface area contributed by atoms with E-state index in [-0.39, 0.29) is 0 Å². The predicted octanol–water partition coefficient (Wildman–Crippen LogP) is 10.9. The first-order valence-electron chi connectivity index (χ1n) is 16.4. The van der Waals surface area contributed by atoms with Gasteiger partial charge >= 0.3 is 0 Å². The lowest BCUT2D eigenvalue weighted by atomic mass is 9.95. The smallest absolute Gasteiger partial charge is 0.0998 e. The molecule has 0 amide bonds. The van der Waals surface area contributed by atoms with Gasteiger partial charge in [-0.25, -0.2) is 0 Å². The third kappa shape index (κ3) is 4.51. The standard InChI is InChI=1S/C45H28N4/c46-28-30-21-24-39-38-16-5-8-19-42(38)48(45(39)25-30)34-23-22-33(29-47)40(27-34)32-12-10-11-31(26-32)35-13-4-7-18-41(35)49-43-17-3-1-2-14-36(43)37-15-6-9-20-44(37)49/h1-13,15-27H,14H2. The molecule has 2 aromatic heterocycles. The number of rotatable bonds is 4. The summed E-state index contributed by atoms with van der Waals surface area (Å²) in [5.74, 6) is 0. The molecule has 0 N–H and O–H groups in total. The van der Waals surface area contributed by atoms with Crippen LogP contribution in [0, 0.1) is 22.7 Å². The molecule has 1 aliphatic carbocycles. The first kappa shape index (κ1) is 28.4. The Labute approximate surface area is 283 Å². The fourth-order valence-electron chi connectivity index (χ4n) is 7.48. The van der Waals surface area contributed by atoms with Gasteiger partial charge in [-0.15, -0.1) is 0 Å². The summed E-state index contributed by atoms with van der Waals surface area (Å²) >= 11 is 0. The minimum absolute atomic E-state index is 0.604. The van der Waals surface area contributed by atoms with E-state index >= 15 is 0 Å². The minimum Gasteiger partial charge on any atom is -0.309 e. The second-order valence-electron chi connectivity index (χ2n) is 12.3. The Morgan fingerprint density at radius 2 is 1.27 bits per heavy atom. The van der Waals surface area contributed by atoms with Crippen LogP contribution in [-0.4, -0.2) is 9.13 Å². The highest BCUT2D eigenvalue weighted by atomic mass is 15.0. The van der Waals surface area contributed by atoms with E-state index in [1.54, 1.807) is 0 Å². The Kier molecular flexibility index (Phi) is 6.61. The zero-order valence-corrected chi connectivity index (χ0v) is 26.5. The Hall–Kier alpha value is -6.88. The fourth-order valence-corrected chi connectivity index (χ4v) is 7.48. The molecule has 0 atom stereocenters. The Morgan fingerprint density at radius 3 is 2.10 bits per heavy atom. The van der Waals surface area contributed by atoms with Crippen LogP contribution in [0.4, 0.5) is 0 Å². The summed E-state index contributed by atoms with van der Waals surface area (Å²) in [6, 6.07) is 50.6. The first-order chi connectivity index (χ1) is 24.2. The Bertz CT molecular complexity index is 2770. The molecule has 1 aliphatic rings. The van der Waals surface area contributed by atoms with Gasteiger partial charge in [0.15, 0.2) is 0 Å². The van der Waals surface area contributed by atoms with Gasteiger partial charge in [0, 0.05) is 33.0 Å². The van der Waals surface area contributed by atoms with E-state index in [1.165, 1.54) is 22.2 Å². The van der Waals surface area contributed by atoms with Gasteiger partial charge in [0.1, 0.15) is 0 Å². The number of nitriles is 2. The lowest BCUT2D eigenvalue weighted by Crippen LogP contribution is -2.00. The maximum atomic E-state index is 10.3. The van der Waals surface area contributed by atoms with Gasteiger partial charge in [-0.2, -0.15) is 10.5 Å². The van der Waals surface area contributed by atoms with Crippen molar-refractivity contribution in [1.29, 1.82) is 10.5 Å². The summed E-state index contributed by atoms with van der Waals surface area (Å²) in [6.45, 7) is 0. The highest BCUT2D eigenvalue weighted by Gasteiger charge is 2.20. The quantitative estimate of drug-likeness (QED) is 0.196. The van der Waals surface area contributed by atoms with Gasteiger partial charge in [0.25, 0.3) is 0 Å². The summed E-state index contributed by atoms with van der Waals surface area (Å²) in [4.78, 5) is 0. The second-order valence-corrected chi connectivity index (χ2v) is 12.3. The van der Waals surface area contributed by atoms with Crippen LogP contribution >= 0.6 is 0 Å². The van der Waals surface area contributed by atoms with Crippen molar-refractivity contribution in [3.8, 4) is 45.8 Å². The summed E-state index contributed by atoms with van der Waals surface area (Å²) in [5.41, 5.74) is 13.0. The monoisotopic (exact) mass is 624 g/mol. The molecule has 0 saturated carbocycles. The number of hydrogen-bond acceptors (Lipinski definition) is 2. The van der Waals surface area contributed by atoms with Gasteiger partial charge in [-0.1, -0.05) is 97.1 Å². The number of allylic oxidation sites excluding steroid dienone is 3. The van der Waals surface area contributed by atoms with Crippen LogP contribution in [0.1, 0.15) is 22.4 Å². The van der Waals surface area contributed by atoms with Crippen LogP contribution in [0.5, 0.6) is 0 Å². The molecule has 0 unspecified atom stereocenters. The number of fused-ring (bicyclic) bond motifs is 6. The van der Waals surface area contributed by atoms with Crippen molar-refractivity contribution in [3.63, 3.8) is 0 Å². The van der Waals surface area contributed by atoms with Crippen LogP contribution in [0.15, 0.2) is 152 Å². The van der Waals surface area contributed by atoms with E-state index in [1.807, 2.05) is 42.5 Å². The normalized spacial score (nSPS) is 12.2. The maximum absolute atomic E-state index is 10.3. The van der Waals surface area contributed by atoms with Crippen LogP contribution < -0.4 is 0 Å². The molecule has 6 aromatic carbocycles. The molecule has 0 bridgehead atoms. The zero-order valence-electron chi connectivity index (χ0n) is 26.5. The predicted molar refractivity (Wildman–Crippen MR) is 200 cm³/mol. The molecule has 8 aromatic rings. The summed E-state index contributed by atoms with van der Waals surface area (Å²) in [5, 5.41) is 23.5. The van der Waals surface area contributed by atoms with Crippen molar-refractivity contribution in [3.05, 3.63) is 174 Å². The van der Waals surface area contributed by atoms with Crippen molar-refractivity contribution < 1.29 is 0 Å². The molecule has 4 heteroatoms. The van der Waals surface area contributed by atoms with Gasteiger partial charge in [0.2, 0.25) is 0 Å². The van der Waals surface area contributed by atoms with E-state index in [0.717, 1.165) is 61.9 Å². The molecule has 0 aliphatic heterocycles. The molecule has 228 valence electrons. The first-order valence-corrected chi connectivity index (χ1v) is 16.4. The highest BCUT2D eigenvalue weighted by Crippen LogP contribution is 2.39. The van der Waals surface area contributed by atoms with Crippen LogP contribution in [0.3, 0.4) is 0 Å².